The Hall–Kier alpha value is -1.71. The summed E-state index contributed by atoms with van der Waals surface area (Å²) < 4.78 is 31.0. The number of rotatable bonds is 4. The predicted molar refractivity (Wildman–Crippen MR) is 63.1 cm³/mol. The van der Waals surface area contributed by atoms with Gasteiger partial charge >= 0.3 is 5.97 Å². The van der Waals surface area contributed by atoms with E-state index in [1.165, 1.54) is 25.1 Å². The summed E-state index contributed by atoms with van der Waals surface area (Å²) in [5.74, 6) is -1.28. The van der Waals surface area contributed by atoms with E-state index < -0.39 is 11.8 Å². The van der Waals surface area contributed by atoms with Crippen molar-refractivity contribution in [1.29, 1.82) is 0 Å². The average molecular weight is 252 g/mol. The molecule has 0 spiro atoms. The maximum Gasteiger partial charge on any atom is 0.303 e. The molecule has 1 aliphatic carbocycles. The minimum absolute atomic E-state index is 0.307. The Bertz CT molecular complexity index is 473. The molecule has 2 nitrogen and oxygen atoms in total. The molecule has 1 aromatic carbocycles. The van der Waals surface area contributed by atoms with Gasteiger partial charge in [-0.2, -0.15) is 0 Å². The van der Waals surface area contributed by atoms with Crippen LogP contribution >= 0.6 is 0 Å². The van der Waals surface area contributed by atoms with Crippen molar-refractivity contribution in [2.75, 3.05) is 6.61 Å². The Labute approximate surface area is 104 Å². The van der Waals surface area contributed by atoms with E-state index in [0.717, 1.165) is 18.4 Å². The van der Waals surface area contributed by atoms with Crippen LogP contribution in [0.4, 0.5) is 8.78 Å². The fourth-order valence-corrected chi connectivity index (χ4v) is 1.94. The van der Waals surface area contributed by atoms with E-state index in [1.807, 2.05) is 0 Å². The first-order valence-corrected chi connectivity index (χ1v) is 5.78. The molecule has 0 bridgehead atoms. The third-order valence-electron chi connectivity index (χ3n) is 3.05. The van der Waals surface area contributed by atoms with Gasteiger partial charge in [0.1, 0.15) is 18.3 Å². The zero-order chi connectivity index (χ0) is 13.2. The molecular weight excluding hydrogens is 238 g/mol. The Morgan fingerprint density at radius 2 is 2.00 bits per heavy atom. The van der Waals surface area contributed by atoms with E-state index in [9.17, 15) is 13.6 Å². The zero-order valence-corrected chi connectivity index (χ0v) is 10.1. The molecule has 0 heterocycles. The summed E-state index contributed by atoms with van der Waals surface area (Å²) in [5, 5.41) is 0. The zero-order valence-electron chi connectivity index (χ0n) is 10.1. The van der Waals surface area contributed by atoms with Crippen molar-refractivity contribution in [2.45, 2.75) is 25.2 Å². The number of ether oxygens (including phenoxy) is 1. The normalized spacial score (nSPS) is 17.4. The Balaban J connectivity index is 2.10. The largest absolute Gasteiger partial charge is 0.459 e. The standard InChI is InChI=1S/C14H14F2O2/c1-10(17)18-9-13(16)8-14(6-7-14)11-2-4-12(15)5-3-11/h2-5,8H,6-7,9H2,1H3. The molecular formula is C14H14F2O2. The van der Waals surface area contributed by atoms with Crippen LogP contribution in [0.1, 0.15) is 25.3 Å². The van der Waals surface area contributed by atoms with Gasteiger partial charge < -0.3 is 4.74 Å². The van der Waals surface area contributed by atoms with Crippen molar-refractivity contribution >= 4 is 5.97 Å². The van der Waals surface area contributed by atoms with E-state index in [2.05, 4.69) is 4.74 Å². The number of carbonyl (C=O) groups excluding carboxylic acids is 1. The van der Waals surface area contributed by atoms with Crippen LogP contribution in [-0.2, 0) is 14.9 Å². The molecule has 1 aliphatic rings. The molecule has 0 unspecified atom stereocenters. The number of benzene rings is 1. The van der Waals surface area contributed by atoms with Crippen LogP contribution in [0.5, 0.6) is 0 Å². The lowest BCUT2D eigenvalue weighted by Crippen LogP contribution is -2.06. The average Bonchev–Trinajstić information content (AvgIpc) is 3.08. The molecule has 4 heteroatoms. The summed E-state index contributed by atoms with van der Waals surface area (Å²) in [6.07, 6.45) is 3.13. The van der Waals surface area contributed by atoms with Crippen LogP contribution in [0.15, 0.2) is 36.2 Å². The van der Waals surface area contributed by atoms with Gasteiger partial charge in [0.2, 0.25) is 0 Å². The maximum atomic E-state index is 13.6. The predicted octanol–water partition coefficient (Wildman–Crippen LogP) is 3.27. The van der Waals surface area contributed by atoms with Gasteiger partial charge in [0.15, 0.2) is 0 Å². The Morgan fingerprint density at radius 1 is 1.39 bits per heavy atom. The molecule has 2 rings (SSSR count). The number of halogens is 2. The highest BCUT2D eigenvalue weighted by Gasteiger charge is 2.42. The van der Waals surface area contributed by atoms with E-state index in [4.69, 9.17) is 0 Å². The Morgan fingerprint density at radius 3 is 2.50 bits per heavy atom. The molecule has 18 heavy (non-hydrogen) atoms. The van der Waals surface area contributed by atoms with Crippen LogP contribution in [0, 0.1) is 5.82 Å². The summed E-state index contributed by atoms with van der Waals surface area (Å²) in [6.45, 7) is 0.901. The lowest BCUT2D eigenvalue weighted by Gasteiger charge is -2.11. The first-order valence-electron chi connectivity index (χ1n) is 5.78. The molecule has 1 fully saturated rings. The van der Waals surface area contributed by atoms with E-state index >= 15 is 0 Å². The first kappa shape index (κ1) is 12.7. The van der Waals surface area contributed by atoms with Gasteiger partial charge in [-0.1, -0.05) is 12.1 Å². The molecule has 0 saturated heterocycles. The minimum atomic E-state index is -0.509. The van der Waals surface area contributed by atoms with Gasteiger partial charge in [-0.25, -0.2) is 8.78 Å². The second-order valence-corrected chi connectivity index (χ2v) is 4.53. The van der Waals surface area contributed by atoms with E-state index in [0.29, 0.717) is 0 Å². The fourth-order valence-electron chi connectivity index (χ4n) is 1.94. The summed E-state index contributed by atoms with van der Waals surface area (Å²) in [7, 11) is 0. The fraction of sp³-hybridized carbons (Fsp3) is 0.357. The van der Waals surface area contributed by atoms with Crippen molar-refractivity contribution < 1.29 is 18.3 Å². The molecule has 96 valence electrons. The van der Waals surface area contributed by atoms with Crippen molar-refractivity contribution in [3.8, 4) is 0 Å². The van der Waals surface area contributed by atoms with Gasteiger partial charge in [-0.3, -0.25) is 4.79 Å². The van der Waals surface area contributed by atoms with Crippen LogP contribution in [0.25, 0.3) is 0 Å². The van der Waals surface area contributed by atoms with E-state index in [-0.39, 0.29) is 17.8 Å². The number of esters is 1. The van der Waals surface area contributed by atoms with Gasteiger partial charge in [0.25, 0.3) is 0 Å². The van der Waals surface area contributed by atoms with Gasteiger partial charge in [0, 0.05) is 12.3 Å². The van der Waals surface area contributed by atoms with Crippen molar-refractivity contribution in [3.05, 3.63) is 47.5 Å². The summed E-state index contributed by atoms with van der Waals surface area (Å²) in [6, 6.07) is 6.07. The van der Waals surface area contributed by atoms with Crippen LogP contribution < -0.4 is 0 Å². The smallest absolute Gasteiger partial charge is 0.303 e. The number of hydrogen-bond donors (Lipinski definition) is 0. The second-order valence-electron chi connectivity index (χ2n) is 4.53. The van der Waals surface area contributed by atoms with Crippen LogP contribution in [0.2, 0.25) is 0 Å². The highest BCUT2D eigenvalue weighted by Crippen LogP contribution is 2.50. The topological polar surface area (TPSA) is 26.3 Å². The SMILES string of the molecule is CC(=O)OCC(F)=CC1(c2ccc(F)cc2)CC1. The van der Waals surface area contributed by atoms with Crippen molar-refractivity contribution in [3.63, 3.8) is 0 Å². The Kier molecular flexibility index (Phi) is 3.45. The molecule has 0 aliphatic heterocycles. The third kappa shape index (κ3) is 2.94. The quantitative estimate of drug-likeness (QED) is 0.769. The highest BCUT2D eigenvalue weighted by atomic mass is 19.1. The molecule has 1 saturated carbocycles. The van der Waals surface area contributed by atoms with E-state index in [1.54, 1.807) is 12.1 Å². The maximum absolute atomic E-state index is 13.6. The van der Waals surface area contributed by atoms with Gasteiger partial charge in [0.05, 0.1) is 0 Å². The van der Waals surface area contributed by atoms with Crippen molar-refractivity contribution in [2.24, 2.45) is 0 Å². The number of hydrogen-bond acceptors (Lipinski definition) is 2. The van der Waals surface area contributed by atoms with Gasteiger partial charge in [-0.15, -0.1) is 0 Å². The molecule has 0 amide bonds. The second kappa shape index (κ2) is 4.88. The van der Waals surface area contributed by atoms with Gasteiger partial charge in [-0.05, 0) is 36.6 Å². The monoisotopic (exact) mass is 252 g/mol. The van der Waals surface area contributed by atoms with Crippen LogP contribution in [-0.4, -0.2) is 12.6 Å². The molecule has 0 aromatic heterocycles. The van der Waals surface area contributed by atoms with Crippen molar-refractivity contribution in [1.82, 2.24) is 0 Å². The molecule has 1 aromatic rings. The van der Waals surface area contributed by atoms with Crippen LogP contribution in [0.3, 0.4) is 0 Å². The lowest BCUT2D eigenvalue weighted by molar-refractivity contribution is -0.140. The minimum Gasteiger partial charge on any atom is -0.459 e. The summed E-state index contributed by atoms with van der Waals surface area (Å²) in [4.78, 5) is 10.6. The molecule has 0 atom stereocenters. The number of carbonyl (C=O) groups is 1. The molecule has 0 N–H and O–H groups in total. The highest BCUT2D eigenvalue weighted by molar-refractivity contribution is 5.66. The number of allylic oxidation sites excluding steroid dienone is 1. The lowest BCUT2D eigenvalue weighted by atomic mass is 9.95. The first-order chi connectivity index (χ1) is 8.52. The third-order valence-corrected chi connectivity index (χ3v) is 3.05. The summed E-state index contributed by atoms with van der Waals surface area (Å²) in [5.41, 5.74) is 0.541. The molecule has 0 radical (unpaired) electrons. The summed E-state index contributed by atoms with van der Waals surface area (Å²) >= 11 is 0.